The third-order valence-electron chi connectivity index (χ3n) is 0.272. The van der Waals surface area contributed by atoms with Crippen LogP contribution in [-0.2, 0) is 4.79 Å². The second kappa shape index (κ2) is 10.1. The highest BCUT2D eigenvalue weighted by Crippen LogP contribution is 1.78. The smallest absolute Gasteiger partial charge is 0.303 e. The zero-order valence-corrected chi connectivity index (χ0v) is 3.56. The molecule has 0 spiro atoms. The van der Waals surface area contributed by atoms with Gasteiger partial charge in [0.05, 0.1) is 0 Å². The van der Waals surface area contributed by atoms with Crippen molar-refractivity contribution in [2.24, 2.45) is 5.92 Å². The molecule has 0 atom stereocenters. The minimum atomic E-state index is 0. The van der Waals surface area contributed by atoms with E-state index in [1.54, 1.807) is 0 Å². The van der Waals surface area contributed by atoms with Gasteiger partial charge < -0.3 is 4.79 Å². The van der Waals surface area contributed by atoms with Crippen molar-refractivity contribution in [1.29, 1.82) is 0 Å². The maximum absolute atomic E-state index is 9.50. The van der Waals surface area contributed by atoms with E-state index >= 15 is 0 Å². The van der Waals surface area contributed by atoms with E-state index < -0.39 is 0 Å². The van der Waals surface area contributed by atoms with Crippen LogP contribution in [0.15, 0.2) is 0 Å². The average molecular weight is 128 g/mol. The summed E-state index contributed by atoms with van der Waals surface area (Å²) in [7, 11) is 0. The number of rotatable bonds is 1. The molecule has 0 saturated carbocycles. The average Bonchev–Trinajstić information content (AvgIpc) is 1.38. The Morgan fingerprint density at radius 3 is 1.57 bits per heavy atom. The Hall–Kier alpha value is 0.969. The van der Waals surface area contributed by atoms with Crippen molar-refractivity contribution in [3.63, 3.8) is 0 Å². The number of hydrogen-bond acceptors (Lipinski definition) is 1. The third-order valence-corrected chi connectivity index (χ3v) is 0.272. The van der Waals surface area contributed by atoms with Gasteiger partial charge in [-0.05, 0) is 0 Å². The van der Waals surface area contributed by atoms with Crippen LogP contribution in [0.4, 0.5) is 0 Å². The summed E-state index contributed by atoms with van der Waals surface area (Å²) in [6.07, 6.45) is 0.917. The van der Waals surface area contributed by atoms with Crippen LogP contribution in [0.1, 0.15) is 13.8 Å². The molecule has 0 heterocycles. The van der Waals surface area contributed by atoms with E-state index in [1.165, 1.54) is 0 Å². The molecule has 0 saturated heterocycles. The van der Waals surface area contributed by atoms with Crippen molar-refractivity contribution in [2.45, 2.75) is 13.8 Å². The fourth-order valence-electron chi connectivity index (χ4n) is 0. The van der Waals surface area contributed by atoms with Crippen LogP contribution < -0.4 is 0 Å². The molecule has 7 heavy (non-hydrogen) atoms. The highest BCUT2D eigenvalue weighted by molar-refractivity contribution is 5.76. The summed E-state index contributed by atoms with van der Waals surface area (Å²) in [5.41, 5.74) is 0. The predicted octanol–water partition coefficient (Wildman–Crippen LogP) is -1.26. The molecule has 40 valence electrons. The number of carbonyl (C=O) groups excluding carboxylic acids is 1. The number of aldehydes is 1. The van der Waals surface area contributed by atoms with E-state index in [2.05, 4.69) is 0 Å². The van der Waals surface area contributed by atoms with Gasteiger partial charge in [-0.3, -0.25) is 0 Å². The molecule has 0 radical (unpaired) electrons. The minimum absolute atomic E-state index is 0. The zero-order chi connectivity index (χ0) is 4.28. The second-order valence-corrected chi connectivity index (χ2v) is 1.38. The van der Waals surface area contributed by atoms with E-state index in [4.69, 9.17) is 0 Å². The Bertz CT molecular complexity index is 38.7. The lowest BCUT2D eigenvalue weighted by Crippen LogP contribution is -1.82. The van der Waals surface area contributed by atoms with Crippen molar-refractivity contribution in [2.75, 3.05) is 0 Å². The molecular weight excluding hydrogens is 115 g/mol. The van der Waals surface area contributed by atoms with Crippen molar-refractivity contribution >= 4 is 46.7 Å². The Morgan fingerprint density at radius 2 is 1.57 bits per heavy atom. The maximum atomic E-state index is 9.50. The van der Waals surface area contributed by atoms with Crippen molar-refractivity contribution in [3.05, 3.63) is 0 Å². The number of carbonyl (C=O) groups is 1. The van der Waals surface area contributed by atoms with E-state index in [1.807, 2.05) is 13.8 Å². The molecule has 0 fully saturated rings. The molecule has 0 rings (SSSR count). The first-order valence-electron chi connectivity index (χ1n) is 1.72. The summed E-state index contributed by atoms with van der Waals surface area (Å²) >= 11 is 0. The first-order valence-corrected chi connectivity index (χ1v) is 1.72. The van der Waals surface area contributed by atoms with Gasteiger partial charge in [-0.2, -0.15) is 0 Å². The fraction of sp³-hybridized carbons (Fsp3) is 0.750. The molecule has 0 aromatic heterocycles. The molecule has 0 unspecified atom stereocenters. The summed E-state index contributed by atoms with van der Waals surface area (Å²) in [6, 6.07) is 0. The van der Waals surface area contributed by atoms with E-state index in [0.29, 0.717) is 0 Å². The highest BCUT2D eigenvalue weighted by atomic mass is 27.0. The van der Waals surface area contributed by atoms with Gasteiger partial charge in [0.25, 0.3) is 0 Å². The SMILES string of the molecule is CC(C)C=O.[AlH3].[MgH2]. The highest BCUT2D eigenvalue weighted by Gasteiger charge is 1.79. The summed E-state index contributed by atoms with van der Waals surface area (Å²) in [4.78, 5) is 9.50. The Labute approximate surface area is 71.1 Å². The largest absolute Gasteiger partial charge is 0.316 e. The second-order valence-electron chi connectivity index (χ2n) is 1.38. The molecule has 1 nitrogen and oxygen atoms in total. The third kappa shape index (κ3) is 19.5. The monoisotopic (exact) mass is 128 g/mol. The lowest BCUT2D eigenvalue weighted by Gasteiger charge is -1.78. The van der Waals surface area contributed by atoms with Gasteiger partial charge in [0.2, 0.25) is 0 Å². The molecule has 0 aliphatic heterocycles. The fourth-order valence-corrected chi connectivity index (χ4v) is 0. The molecule has 0 amide bonds. The van der Waals surface area contributed by atoms with Crippen molar-refractivity contribution in [3.8, 4) is 0 Å². The van der Waals surface area contributed by atoms with Crippen LogP contribution in [0.2, 0.25) is 0 Å². The topological polar surface area (TPSA) is 17.1 Å². The van der Waals surface area contributed by atoms with Crippen LogP contribution >= 0.6 is 0 Å². The predicted molar refractivity (Wildman–Crippen MR) is 39.4 cm³/mol. The van der Waals surface area contributed by atoms with Gasteiger partial charge >= 0.3 is 23.1 Å². The Morgan fingerprint density at radius 1 is 1.43 bits per heavy atom. The van der Waals surface area contributed by atoms with Crippen LogP contribution in [0.25, 0.3) is 0 Å². The van der Waals surface area contributed by atoms with Crippen molar-refractivity contribution in [1.82, 2.24) is 0 Å². The van der Waals surface area contributed by atoms with Gasteiger partial charge in [0.15, 0.2) is 17.4 Å². The molecular formula is C4H13AlMgO. The standard InChI is InChI=1S/C4H8O.Al.Mg.5H/c1-4(2)3-5;;;;;;;/h3-4H,1-2H3;;;;;;;. The molecule has 0 N–H and O–H groups in total. The maximum Gasteiger partial charge on any atom is 0.316 e. The van der Waals surface area contributed by atoms with Gasteiger partial charge in [-0.15, -0.1) is 0 Å². The first kappa shape index (κ1) is 15.7. The van der Waals surface area contributed by atoms with Gasteiger partial charge in [-0.1, -0.05) is 13.8 Å². The summed E-state index contributed by atoms with van der Waals surface area (Å²) in [5, 5.41) is 0. The molecule has 3 heteroatoms. The normalized spacial score (nSPS) is 6.14. The van der Waals surface area contributed by atoms with Gasteiger partial charge in [0, 0.05) is 5.92 Å². The Kier molecular flexibility index (Phi) is 22.5. The molecule has 0 aromatic carbocycles. The quantitative estimate of drug-likeness (QED) is 0.318. The Balaban J connectivity index is -0.0000000800. The summed E-state index contributed by atoms with van der Waals surface area (Å²) < 4.78 is 0. The minimum Gasteiger partial charge on any atom is -0.303 e. The molecule has 0 aliphatic carbocycles. The van der Waals surface area contributed by atoms with Crippen LogP contribution in [0, 0.1) is 5.92 Å². The summed E-state index contributed by atoms with van der Waals surface area (Å²) in [5.74, 6) is 0.204. The first-order chi connectivity index (χ1) is 2.27. The number of hydrogen-bond donors (Lipinski definition) is 0. The van der Waals surface area contributed by atoms with E-state index in [-0.39, 0.29) is 46.3 Å². The lowest BCUT2D eigenvalue weighted by atomic mass is 10.3. The molecule has 0 aromatic rings. The summed E-state index contributed by atoms with van der Waals surface area (Å²) in [6.45, 7) is 3.71. The van der Waals surface area contributed by atoms with Gasteiger partial charge in [0.1, 0.15) is 6.29 Å². The molecule has 0 aliphatic rings. The van der Waals surface area contributed by atoms with E-state index in [0.717, 1.165) is 6.29 Å². The van der Waals surface area contributed by atoms with Crippen molar-refractivity contribution < 1.29 is 4.79 Å². The van der Waals surface area contributed by atoms with Crippen LogP contribution in [0.3, 0.4) is 0 Å². The van der Waals surface area contributed by atoms with E-state index in [9.17, 15) is 4.79 Å². The van der Waals surface area contributed by atoms with Gasteiger partial charge in [-0.25, -0.2) is 0 Å². The van der Waals surface area contributed by atoms with Crippen LogP contribution in [-0.4, -0.2) is 46.7 Å². The lowest BCUT2D eigenvalue weighted by molar-refractivity contribution is -0.110. The van der Waals surface area contributed by atoms with Crippen LogP contribution in [0.5, 0.6) is 0 Å². The zero-order valence-electron chi connectivity index (χ0n) is 3.56. The molecule has 0 bridgehead atoms.